The van der Waals surface area contributed by atoms with Gasteiger partial charge in [0.15, 0.2) is 0 Å². The molecule has 0 radical (unpaired) electrons. The molecule has 0 aromatic heterocycles. The third-order valence-corrected chi connectivity index (χ3v) is 4.77. The Morgan fingerprint density at radius 2 is 1.61 bits per heavy atom. The number of amides is 1. The standard InChI is InChI=1S/C19H27F3N2O3S/c1-12(23-16(25)27-17(2,3)4)15(24-28(26)18(5,6)7)13-8-10-14(11-9-13)19(20,21)22/h8-12H,1-7H3,(H,23,25)/t12-,28?/m0/s1. The molecule has 0 fully saturated rings. The van der Waals surface area contributed by atoms with Crippen LogP contribution < -0.4 is 5.32 Å². The van der Waals surface area contributed by atoms with Crippen LogP contribution in [0.25, 0.3) is 0 Å². The van der Waals surface area contributed by atoms with Crippen LogP contribution >= 0.6 is 0 Å². The lowest BCUT2D eigenvalue weighted by Gasteiger charge is -2.24. The minimum Gasteiger partial charge on any atom is -0.591 e. The molecule has 0 bridgehead atoms. The summed E-state index contributed by atoms with van der Waals surface area (Å²) in [6, 6.07) is 3.59. The summed E-state index contributed by atoms with van der Waals surface area (Å²) >= 11 is -1.67. The average Bonchev–Trinajstić information content (AvgIpc) is 2.48. The zero-order chi connectivity index (χ0) is 21.9. The molecule has 0 saturated carbocycles. The smallest absolute Gasteiger partial charge is 0.416 e. The second kappa shape index (κ2) is 8.73. The Balaban J connectivity index is 3.23. The quantitative estimate of drug-likeness (QED) is 0.558. The Morgan fingerprint density at radius 3 is 2.00 bits per heavy atom. The van der Waals surface area contributed by atoms with Crippen molar-refractivity contribution in [2.24, 2.45) is 4.40 Å². The number of nitrogens with one attached hydrogen (secondary N) is 1. The number of ether oxygens (including phenoxy) is 1. The number of hydrogen-bond acceptors (Lipinski definition) is 4. The molecule has 0 aliphatic carbocycles. The highest BCUT2D eigenvalue weighted by Gasteiger charge is 2.32. The Morgan fingerprint density at radius 1 is 1.11 bits per heavy atom. The maximum Gasteiger partial charge on any atom is 0.416 e. The number of benzene rings is 1. The predicted molar refractivity (Wildman–Crippen MR) is 105 cm³/mol. The van der Waals surface area contributed by atoms with E-state index in [1.807, 2.05) is 0 Å². The van der Waals surface area contributed by atoms with E-state index in [1.165, 1.54) is 12.1 Å². The third-order valence-electron chi connectivity index (χ3n) is 3.36. The highest BCUT2D eigenvalue weighted by Crippen LogP contribution is 2.29. The van der Waals surface area contributed by atoms with Gasteiger partial charge in [0, 0.05) is 5.56 Å². The molecular weight excluding hydrogens is 393 g/mol. The summed E-state index contributed by atoms with van der Waals surface area (Å²) in [5.74, 6) is 0. The molecule has 5 nitrogen and oxygen atoms in total. The first-order chi connectivity index (χ1) is 12.5. The maximum atomic E-state index is 12.8. The number of alkyl halides is 3. The van der Waals surface area contributed by atoms with E-state index in [4.69, 9.17) is 4.74 Å². The van der Waals surface area contributed by atoms with Gasteiger partial charge in [0.25, 0.3) is 0 Å². The molecule has 1 unspecified atom stereocenters. The van der Waals surface area contributed by atoms with Gasteiger partial charge in [-0.05, 0) is 60.6 Å². The van der Waals surface area contributed by atoms with Gasteiger partial charge in [-0.3, -0.25) is 0 Å². The number of nitrogens with zero attached hydrogens (tertiary/aromatic N) is 1. The fraction of sp³-hybridized carbons (Fsp3) is 0.579. The summed E-state index contributed by atoms with van der Waals surface area (Å²) < 4.78 is 59.7. The Labute approximate surface area is 167 Å². The van der Waals surface area contributed by atoms with Crippen LogP contribution in [0.5, 0.6) is 0 Å². The minimum atomic E-state index is -4.47. The molecule has 1 aromatic carbocycles. The van der Waals surface area contributed by atoms with Crippen molar-refractivity contribution in [2.45, 2.75) is 71.0 Å². The van der Waals surface area contributed by atoms with Gasteiger partial charge in [-0.1, -0.05) is 16.5 Å². The van der Waals surface area contributed by atoms with E-state index >= 15 is 0 Å². The molecule has 1 N–H and O–H groups in total. The zero-order valence-electron chi connectivity index (χ0n) is 17.1. The van der Waals surface area contributed by atoms with Crippen molar-refractivity contribution in [3.05, 3.63) is 35.4 Å². The Kier molecular flexibility index (Phi) is 7.58. The van der Waals surface area contributed by atoms with Crippen molar-refractivity contribution in [3.8, 4) is 0 Å². The van der Waals surface area contributed by atoms with Gasteiger partial charge in [-0.15, -0.1) is 0 Å². The molecule has 158 valence electrons. The Bertz CT molecular complexity index is 705. The predicted octanol–water partition coefficient (Wildman–Crippen LogP) is 4.87. The summed E-state index contributed by atoms with van der Waals surface area (Å²) in [7, 11) is 0. The summed E-state index contributed by atoms with van der Waals surface area (Å²) in [6.45, 7) is 11.9. The SMILES string of the molecule is C[C@H](NC(=O)OC(C)(C)C)C(=N[S+]([O-])C(C)(C)C)c1ccc(C(F)(F)F)cc1. The molecule has 0 saturated heterocycles. The molecular formula is C19H27F3N2O3S. The monoisotopic (exact) mass is 420 g/mol. The number of alkyl carbamates (subject to hydrolysis) is 1. The maximum absolute atomic E-state index is 12.8. The number of rotatable bonds is 4. The summed E-state index contributed by atoms with van der Waals surface area (Å²) in [4.78, 5) is 12.1. The minimum absolute atomic E-state index is 0.202. The largest absolute Gasteiger partial charge is 0.591 e. The van der Waals surface area contributed by atoms with Crippen LogP contribution in [0.1, 0.15) is 59.6 Å². The molecule has 2 atom stereocenters. The molecule has 0 aliphatic heterocycles. The fourth-order valence-electron chi connectivity index (χ4n) is 1.99. The third kappa shape index (κ3) is 7.71. The summed E-state index contributed by atoms with van der Waals surface area (Å²) in [5.41, 5.74) is -0.994. The van der Waals surface area contributed by atoms with E-state index in [0.717, 1.165) is 12.1 Å². The van der Waals surface area contributed by atoms with Gasteiger partial charge in [-0.25, -0.2) is 4.79 Å². The van der Waals surface area contributed by atoms with Crippen LogP contribution in [-0.2, 0) is 22.3 Å². The van der Waals surface area contributed by atoms with Crippen molar-refractivity contribution >= 4 is 23.2 Å². The second-order valence-electron chi connectivity index (χ2n) is 8.28. The van der Waals surface area contributed by atoms with Crippen molar-refractivity contribution in [1.29, 1.82) is 0 Å². The van der Waals surface area contributed by atoms with Crippen LogP contribution in [0.15, 0.2) is 28.7 Å². The second-order valence-corrected chi connectivity index (χ2v) is 10.2. The van der Waals surface area contributed by atoms with Gasteiger partial charge in [0.2, 0.25) is 0 Å². The van der Waals surface area contributed by atoms with Crippen LogP contribution in [0.3, 0.4) is 0 Å². The van der Waals surface area contributed by atoms with E-state index in [-0.39, 0.29) is 5.71 Å². The molecule has 0 spiro atoms. The lowest BCUT2D eigenvalue weighted by Crippen LogP contribution is -2.42. The van der Waals surface area contributed by atoms with Gasteiger partial charge in [-0.2, -0.15) is 13.2 Å². The van der Waals surface area contributed by atoms with Crippen molar-refractivity contribution in [1.82, 2.24) is 5.32 Å². The Hall–Kier alpha value is -1.74. The van der Waals surface area contributed by atoms with Crippen LogP contribution in [-0.4, -0.2) is 32.7 Å². The fourth-order valence-corrected chi connectivity index (χ4v) is 2.71. The van der Waals surface area contributed by atoms with E-state index in [1.54, 1.807) is 48.5 Å². The van der Waals surface area contributed by atoms with Crippen molar-refractivity contribution < 1.29 is 27.3 Å². The molecule has 28 heavy (non-hydrogen) atoms. The number of hydrogen-bond donors (Lipinski definition) is 1. The topological polar surface area (TPSA) is 73.8 Å². The van der Waals surface area contributed by atoms with Crippen molar-refractivity contribution in [2.75, 3.05) is 0 Å². The molecule has 0 heterocycles. The van der Waals surface area contributed by atoms with Crippen LogP contribution in [0.2, 0.25) is 0 Å². The zero-order valence-corrected chi connectivity index (χ0v) is 17.9. The van der Waals surface area contributed by atoms with Crippen molar-refractivity contribution in [3.63, 3.8) is 0 Å². The van der Waals surface area contributed by atoms with Gasteiger partial charge >= 0.3 is 12.3 Å². The normalized spacial score (nSPS) is 15.8. The highest BCUT2D eigenvalue weighted by molar-refractivity contribution is 7.91. The first-order valence-corrected chi connectivity index (χ1v) is 9.79. The number of carbonyl (C=O) groups excluding carboxylic acids is 1. The number of halogens is 3. The van der Waals surface area contributed by atoms with Gasteiger partial charge in [0.05, 0.1) is 11.6 Å². The lowest BCUT2D eigenvalue weighted by atomic mass is 10.0. The van der Waals surface area contributed by atoms with Gasteiger partial charge < -0.3 is 14.6 Å². The van der Waals surface area contributed by atoms with Crippen LogP contribution in [0.4, 0.5) is 18.0 Å². The summed E-state index contributed by atoms with van der Waals surface area (Å²) in [5, 5.41) is 2.59. The molecule has 9 heteroatoms. The van der Waals surface area contributed by atoms with E-state index in [0.29, 0.717) is 5.56 Å². The average molecular weight is 420 g/mol. The first kappa shape index (κ1) is 24.3. The summed E-state index contributed by atoms with van der Waals surface area (Å²) in [6.07, 6.45) is -5.18. The van der Waals surface area contributed by atoms with Crippen LogP contribution in [0, 0.1) is 0 Å². The van der Waals surface area contributed by atoms with Gasteiger partial charge in [0.1, 0.15) is 27.4 Å². The number of carbonyl (C=O) groups is 1. The molecule has 1 aromatic rings. The van der Waals surface area contributed by atoms with E-state index < -0.39 is 45.6 Å². The molecule has 1 amide bonds. The van der Waals surface area contributed by atoms with E-state index in [2.05, 4.69) is 9.71 Å². The molecule has 0 aliphatic rings. The lowest BCUT2D eigenvalue weighted by molar-refractivity contribution is -0.137. The highest BCUT2D eigenvalue weighted by atomic mass is 32.2. The molecule has 1 rings (SSSR count). The van der Waals surface area contributed by atoms with E-state index in [9.17, 15) is 22.5 Å². The first-order valence-electron chi connectivity index (χ1n) is 8.68.